The molecule has 1 atom stereocenters. The zero-order chi connectivity index (χ0) is 22.1. The normalized spacial score (nSPS) is 11.9. The molecule has 7 nitrogen and oxygen atoms in total. The van der Waals surface area contributed by atoms with Crippen molar-refractivity contribution in [2.45, 2.75) is 11.8 Å². The van der Waals surface area contributed by atoms with Crippen LogP contribution in [-0.4, -0.2) is 30.6 Å². The van der Waals surface area contributed by atoms with E-state index in [4.69, 9.17) is 0 Å². The lowest BCUT2D eigenvalue weighted by atomic mass is 10.1. The Hall–Kier alpha value is -3.40. The molecule has 4 rings (SSSR count). The fraction of sp³-hybridized carbons (Fsp3) is 0.0455. The number of hydrogen-bond donors (Lipinski definition) is 3. The number of carbonyl (C=O) groups is 2. The van der Waals surface area contributed by atoms with E-state index in [9.17, 15) is 23.5 Å². The molecule has 0 aliphatic rings. The van der Waals surface area contributed by atoms with Crippen molar-refractivity contribution < 1.29 is 23.5 Å². The molecule has 3 N–H and O–H groups in total. The zero-order valence-electron chi connectivity index (χ0n) is 16.2. The largest absolute Gasteiger partial charge is 0.478 e. The minimum atomic E-state index is -2.36. The number of nitrogens with zero attached hydrogens (tertiary/aromatic N) is 1. The van der Waals surface area contributed by atoms with E-state index in [0.717, 1.165) is 10.4 Å². The highest BCUT2D eigenvalue weighted by Crippen LogP contribution is 2.36. The smallest absolute Gasteiger partial charge is 0.337 e. The van der Waals surface area contributed by atoms with Crippen LogP contribution in [0.3, 0.4) is 0 Å². The molecule has 2 heterocycles. The van der Waals surface area contributed by atoms with Gasteiger partial charge in [0.05, 0.1) is 27.3 Å². The number of thiophene rings is 1. The summed E-state index contributed by atoms with van der Waals surface area (Å²) in [6, 6.07) is 15.3. The molecule has 2 aromatic carbocycles. The average Bonchev–Trinajstić information content (AvgIpc) is 3.24. The van der Waals surface area contributed by atoms with Crippen LogP contribution in [0.15, 0.2) is 65.7 Å². The molecule has 0 amide bonds. The number of carbonyl (C=O) groups excluding carboxylic acids is 1. The van der Waals surface area contributed by atoms with Gasteiger partial charge in [-0.15, -0.1) is 11.3 Å². The van der Waals surface area contributed by atoms with Gasteiger partial charge in [0, 0.05) is 16.5 Å². The number of ketones is 1. The van der Waals surface area contributed by atoms with Gasteiger partial charge in [0.15, 0.2) is 16.9 Å². The molecule has 0 aliphatic carbocycles. The molecule has 31 heavy (non-hydrogen) atoms. The molecule has 0 spiro atoms. The Balaban J connectivity index is 1.91. The molecule has 0 saturated carbocycles. The first-order valence-electron chi connectivity index (χ1n) is 9.09. The third-order valence-electron chi connectivity index (χ3n) is 4.68. The van der Waals surface area contributed by atoms with Gasteiger partial charge in [-0.3, -0.25) is 9.78 Å². The lowest BCUT2D eigenvalue weighted by Gasteiger charge is -2.15. The van der Waals surface area contributed by atoms with Crippen LogP contribution in [-0.2, 0) is 11.1 Å². The van der Waals surface area contributed by atoms with E-state index in [2.05, 4.69) is 10.3 Å². The predicted octanol–water partition coefficient (Wildman–Crippen LogP) is 5.19. The van der Waals surface area contributed by atoms with Crippen molar-refractivity contribution in [3.8, 4) is 10.4 Å². The fourth-order valence-electron chi connectivity index (χ4n) is 3.18. The number of para-hydroxylation sites is 1. The van der Waals surface area contributed by atoms with Crippen LogP contribution in [0.1, 0.15) is 27.0 Å². The Morgan fingerprint density at radius 2 is 1.87 bits per heavy atom. The highest BCUT2D eigenvalue weighted by atomic mass is 32.2. The molecule has 0 saturated heterocycles. The number of carboxylic acids is 1. The number of fused-ring (bicyclic) bond motifs is 1. The number of hydrogen-bond acceptors (Lipinski definition) is 6. The lowest BCUT2D eigenvalue weighted by Crippen LogP contribution is -2.05. The molecule has 9 heteroatoms. The molecule has 0 fully saturated rings. The maximum absolute atomic E-state index is 12.0. The van der Waals surface area contributed by atoms with E-state index < -0.39 is 17.0 Å². The van der Waals surface area contributed by atoms with Gasteiger partial charge in [-0.1, -0.05) is 18.2 Å². The third kappa shape index (κ3) is 4.11. The molecule has 4 aromatic rings. The van der Waals surface area contributed by atoms with Crippen LogP contribution >= 0.6 is 11.3 Å². The Kier molecular flexibility index (Phi) is 5.64. The summed E-state index contributed by atoms with van der Waals surface area (Å²) in [5, 5.41) is 13.1. The van der Waals surface area contributed by atoms with Gasteiger partial charge in [0.2, 0.25) is 0 Å². The first-order valence-corrected chi connectivity index (χ1v) is 11.0. The second-order valence-electron chi connectivity index (χ2n) is 6.67. The van der Waals surface area contributed by atoms with Gasteiger partial charge >= 0.3 is 5.97 Å². The molecule has 2 aromatic heterocycles. The maximum Gasteiger partial charge on any atom is 0.337 e. The molecule has 0 radical (unpaired) electrons. The Morgan fingerprint density at radius 1 is 1.10 bits per heavy atom. The van der Waals surface area contributed by atoms with Gasteiger partial charge in [-0.2, -0.15) is 0 Å². The number of benzene rings is 2. The van der Waals surface area contributed by atoms with Crippen LogP contribution < -0.4 is 5.32 Å². The van der Waals surface area contributed by atoms with Crippen molar-refractivity contribution in [1.82, 2.24) is 4.98 Å². The second-order valence-corrected chi connectivity index (χ2v) is 8.70. The summed E-state index contributed by atoms with van der Waals surface area (Å²) < 4.78 is 21.8. The summed E-state index contributed by atoms with van der Waals surface area (Å²) in [4.78, 5) is 29.0. The summed E-state index contributed by atoms with van der Waals surface area (Å²) in [6.45, 7) is 1.50. The van der Waals surface area contributed by atoms with E-state index in [1.165, 1.54) is 30.5 Å². The minimum absolute atomic E-state index is 0.0238. The van der Waals surface area contributed by atoms with Crippen LogP contribution in [0.25, 0.3) is 21.3 Å². The average molecular weight is 453 g/mol. The van der Waals surface area contributed by atoms with Crippen LogP contribution in [0.5, 0.6) is 0 Å². The van der Waals surface area contributed by atoms with Crippen LogP contribution in [0.2, 0.25) is 0 Å². The molecular weight excluding hydrogens is 436 g/mol. The number of aromatic carboxylic acids is 1. The third-order valence-corrected chi connectivity index (χ3v) is 6.60. The standard InChI is InChI=1S/C22H16N2O5S2/c1-12(25)18-8-9-19(30-18)13-6-7-16-15(10-13)21(20(11-23-16)31(28)29)24-17-5-3-2-4-14(17)22(26)27/h2-11H,1H3,(H,23,24)(H,26,27)(H,28,29). The topological polar surface area (TPSA) is 117 Å². The number of nitrogens with one attached hydrogen (secondary N) is 1. The number of Topliss-reactive ketones (excluding diaryl/α,β-unsaturated/α-hetero) is 1. The summed E-state index contributed by atoms with van der Waals surface area (Å²) in [7, 11) is 0. The minimum Gasteiger partial charge on any atom is -0.478 e. The number of aromatic nitrogens is 1. The van der Waals surface area contributed by atoms with Crippen LogP contribution in [0.4, 0.5) is 11.4 Å². The zero-order valence-corrected chi connectivity index (χ0v) is 17.8. The monoisotopic (exact) mass is 452 g/mol. The molecule has 0 bridgehead atoms. The SMILES string of the molecule is CC(=O)c1ccc(-c2ccc3ncc(S(=O)O)c(Nc4ccccc4C(=O)O)c3c2)s1. The number of pyridine rings is 1. The van der Waals surface area contributed by atoms with E-state index >= 15 is 0 Å². The van der Waals surface area contributed by atoms with E-state index in [0.29, 0.717) is 21.5 Å². The van der Waals surface area contributed by atoms with Gasteiger partial charge < -0.3 is 15.0 Å². The van der Waals surface area contributed by atoms with Crippen molar-refractivity contribution >= 4 is 56.4 Å². The first-order chi connectivity index (χ1) is 14.8. The van der Waals surface area contributed by atoms with Gasteiger partial charge in [-0.25, -0.2) is 9.00 Å². The second kappa shape index (κ2) is 8.38. The molecule has 1 unspecified atom stereocenters. The number of carboxylic acid groups (broad SMARTS) is 1. The first kappa shape index (κ1) is 20.9. The number of rotatable bonds is 6. The van der Waals surface area contributed by atoms with Crippen molar-refractivity contribution in [2.75, 3.05) is 5.32 Å². The fourth-order valence-corrected chi connectivity index (χ4v) is 4.56. The summed E-state index contributed by atoms with van der Waals surface area (Å²) >= 11 is -1.00. The van der Waals surface area contributed by atoms with Crippen molar-refractivity contribution in [3.05, 3.63) is 71.2 Å². The quantitative estimate of drug-likeness (QED) is 0.272. The van der Waals surface area contributed by atoms with Crippen molar-refractivity contribution in [1.29, 1.82) is 0 Å². The summed E-state index contributed by atoms with van der Waals surface area (Å²) in [5.41, 5.74) is 1.99. The van der Waals surface area contributed by atoms with Gasteiger partial charge in [-0.05, 0) is 48.9 Å². The molecule has 0 aliphatic heterocycles. The van der Waals surface area contributed by atoms with E-state index in [-0.39, 0.29) is 21.9 Å². The Labute approximate surface area is 183 Å². The molecule has 156 valence electrons. The Morgan fingerprint density at radius 3 is 2.55 bits per heavy atom. The van der Waals surface area contributed by atoms with E-state index in [1.807, 2.05) is 12.1 Å². The summed E-state index contributed by atoms with van der Waals surface area (Å²) in [6.07, 6.45) is 1.29. The van der Waals surface area contributed by atoms with Gasteiger partial charge in [0.1, 0.15) is 4.90 Å². The summed E-state index contributed by atoms with van der Waals surface area (Å²) in [5.74, 6) is -1.14. The van der Waals surface area contributed by atoms with Crippen molar-refractivity contribution in [2.24, 2.45) is 0 Å². The highest BCUT2D eigenvalue weighted by molar-refractivity contribution is 7.79. The number of anilines is 2. The van der Waals surface area contributed by atoms with Crippen molar-refractivity contribution in [3.63, 3.8) is 0 Å². The highest BCUT2D eigenvalue weighted by Gasteiger charge is 2.18. The Bertz CT molecular complexity index is 1360. The molecular formula is C22H16N2O5S2. The predicted molar refractivity (Wildman–Crippen MR) is 121 cm³/mol. The van der Waals surface area contributed by atoms with E-state index in [1.54, 1.807) is 36.4 Å². The van der Waals surface area contributed by atoms with Gasteiger partial charge in [0.25, 0.3) is 0 Å². The maximum atomic E-state index is 12.0. The lowest BCUT2D eigenvalue weighted by molar-refractivity contribution is 0.0697. The van der Waals surface area contributed by atoms with Crippen LogP contribution in [0, 0.1) is 0 Å².